The van der Waals surface area contributed by atoms with Gasteiger partial charge >= 0.3 is 0 Å². The van der Waals surface area contributed by atoms with Gasteiger partial charge in [-0.05, 0) is 77.7 Å². The first-order valence-electron chi connectivity index (χ1n) is 13.2. The van der Waals surface area contributed by atoms with E-state index >= 15 is 0 Å². The van der Waals surface area contributed by atoms with E-state index in [0.29, 0.717) is 5.92 Å². The van der Waals surface area contributed by atoms with Gasteiger partial charge in [0.05, 0.1) is 0 Å². The second kappa shape index (κ2) is 8.91. The molecule has 0 saturated carbocycles. The highest BCUT2D eigenvalue weighted by Gasteiger charge is 2.19. The van der Waals surface area contributed by atoms with Crippen molar-refractivity contribution in [1.82, 2.24) is 0 Å². The van der Waals surface area contributed by atoms with E-state index in [1.54, 1.807) is 0 Å². The Balaban J connectivity index is 1.63. The van der Waals surface area contributed by atoms with Gasteiger partial charge in [-0.2, -0.15) is 0 Å². The second-order valence-corrected chi connectivity index (χ2v) is 10.1. The molecule has 1 atom stereocenters. The molecule has 0 radical (unpaired) electrons. The minimum absolute atomic E-state index is 0.515. The van der Waals surface area contributed by atoms with E-state index in [-0.39, 0.29) is 0 Å². The maximum Gasteiger partial charge on any atom is -0.00234 e. The molecule has 176 valence electrons. The van der Waals surface area contributed by atoms with Gasteiger partial charge in [-0.1, -0.05) is 140 Å². The smallest absolute Gasteiger partial charge is 0.00234 e. The molecule has 0 fully saturated rings. The lowest BCUT2D eigenvalue weighted by atomic mass is 9.83. The highest BCUT2D eigenvalue weighted by Crippen LogP contribution is 2.38. The summed E-state index contributed by atoms with van der Waals surface area (Å²) in [5.74, 6) is 0.515. The summed E-state index contributed by atoms with van der Waals surface area (Å²) in [4.78, 5) is 0. The number of benzene rings is 6. The van der Waals surface area contributed by atoms with Gasteiger partial charge in [0.15, 0.2) is 0 Å². The van der Waals surface area contributed by atoms with Crippen molar-refractivity contribution in [1.29, 1.82) is 0 Å². The van der Waals surface area contributed by atoms with E-state index in [4.69, 9.17) is 0 Å². The van der Waals surface area contributed by atoms with Crippen LogP contribution in [0.1, 0.15) is 13.3 Å². The molecule has 0 aliphatic heterocycles. The van der Waals surface area contributed by atoms with E-state index in [2.05, 4.69) is 140 Å². The fraction of sp³-hybridized carbons (Fsp3) is 0.0811. The van der Waals surface area contributed by atoms with E-state index < -0.39 is 0 Å². The van der Waals surface area contributed by atoms with Gasteiger partial charge in [0, 0.05) is 0 Å². The molecule has 37 heavy (non-hydrogen) atoms. The monoisotopic (exact) mass is 472 g/mol. The van der Waals surface area contributed by atoms with Crippen molar-refractivity contribution in [2.45, 2.75) is 13.3 Å². The lowest BCUT2D eigenvalue weighted by molar-refractivity contribution is 0.801. The van der Waals surface area contributed by atoms with E-state index in [1.807, 2.05) is 0 Å². The van der Waals surface area contributed by atoms with Crippen LogP contribution >= 0.6 is 0 Å². The maximum absolute atomic E-state index is 2.49. The van der Waals surface area contributed by atoms with Crippen molar-refractivity contribution in [2.75, 3.05) is 0 Å². The van der Waals surface area contributed by atoms with Gasteiger partial charge in [0.2, 0.25) is 0 Å². The SMILES string of the molecule is CC1C=c2c(-c3ccccc3)c3ccccc3c(-c3ccc(-c4ccccc4)c4ccccc34)c2=CC1. The summed E-state index contributed by atoms with van der Waals surface area (Å²) in [5, 5.41) is 7.97. The zero-order valence-corrected chi connectivity index (χ0v) is 21.0. The summed E-state index contributed by atoms with van der Waals surface area (Å²) in [7, 11) is 0. The predicted octanol–water partition coefficient (Wildman–Crippen LogP) is 8.59. The summed E-state index contributed by atoms with van der Waals surface area (Å²) >= 11 is 0. The quantitative estimate of drug-likeness (QED) is 0.242. The average molecular weight is 473 g/mol. The molecular weight excluding hydrogens is 444 g/mol. The van der Waals surface area contributed by atoms with Crippen molar-refractivity contribution >= 4 is 33.7 Å². The van der Waals surface area contributed by atoms with Crippen molar-refractivity contribution in [3.8, 4) is 33.4 Å². The largest absolute Gasteiger partial charge is 0.0754 e. The Morgan fingerprint density at radius 1 is 0.459 bits per heavy atom. The van der Waals surface area contributed by atoms with Gasteiger partial charge in [-0.3, -0.25) is 0 Å². The molecule has 6 aromatic rings. The third-order valence-electron chi connectivity index (χ3n) is 7.78. The lowest BCUT2D eigenvalue weighted by Crippen LogP contribution is -2.33. The molecule has 7 rings (SSSR count). The number of hydrogen-bond donors (Lipinski definition) is 0. The zero-order chi connectivity index (χ0) is 24.8. The first-order chi connectivity index (χ1) is 18.3. The summed E-state index contributed by atoms with van der Waals surface area (Å²) < 4.78 is 0. The molecule has 6 aromatic carbocycles. The van der Waals surface area contributed by atoms with Gasteiger partial charge in [0.25, 0.3) is 0 Å². The summed E-state index contributed by atoms with van der Waals surface area (Å²) in [6.07, 6.45) is 6.04. The van der Waals surface area contributed by atoms with E-state index in [0.717, 1.165) is 6.42 Å². The fourth-order valence-electron chi connectivity index (χ4n) is 6.11. The maximum atomic E-state index is 2.49. The normalized spacial score (nSPS) is 14.7. The van der Waals surface area contributed by atoms with Crippen molar-refractivity contribution < 1.29 is 0 Å². The van der Waals surface area contributed by atoms with Crippen LogP contribution in [0.5, 0.6) is 0 Å². The van der Waals surface area contributed by atoms with Crippen LogP contribution in [0.15, 0.2) is 121 Å². The predicted molar refractivity (Wildman–Crippen MR) is 160 cm³/mol. The van der Waals surface area contributed by atoms with Crippen LogP contribution in [0.4, 0.5) is 0 Å². The van der Waals surface area contributed by atoms with E-state index in [9.17, 15) is 0 Å². The van der Waals surface area contributed by atoms with Gasteiger partial charge in [-0.15, -0.1) is 0 Å². The number of fused-ring (bicyclic) bond motifs is 3. The van der Waals surface area contributed by atoms with E-state index in [1.165, 1.54) is 65.4 Å². The topological polar surface area (TPSA) is 0 Å². The highest BCUT2D eigenvalue weighted by atomic mass is 14.2. The third-order valence-corrected chi connectivity index (χ3v) is 7.78. The fourth-order valence-corrected chi connectivity index (χ4v) is 6.11. The van der Waals surface area contributed by atoms with Crippen LogP contribution in [0, 0.1) is 5.92 Å². The molecule has 0 aromatic heterocycles. The Morgan fingerprint density at radius 3 is 1.65 bits per heavy atom. The molecular formula is C37H28. The molecule has 0 heteroatoms. The molecule has 0 N–H and O–H groups in total. The Bertz CT molecular complexity index is 1890. The van der Waals surface area contributed by atoms with Crippen LogP contribution in [-0.4, -0.2) is 0 Å². The number of rotatable bonds is 3. The van der Waals surface area contributed by atoms with Crippen LogP contribution in [-0.2, 0) is 0 Å². The minimum Gasteiger partial charge on any atom is -0.0754 e. The standard InChI is InChI=1S/C37H28/c1-25-20-21-34-35(24-25)36(27-14-6-3-7-15-27)31-18-10-11-19-32(31)37(34)33-23-22-28(26-12-4-2-5-13-26)29-16-8-9-17-30(29)33/h2-19,21-25H,20H2,1H3. The van der Waals surface area contributed by atoms with Crippen LogP contribution < -0.4 is 10.4 Å². The zero-order valence-electron chi connectivity index (χ0n) is 21.0. The van der Waals surface area contributed by atoms with Crippen LogP contribution in [0.2, 0.25) is 0 Å². The van der Waals surface area contributed by atoms with Crippen LogP contribution in [0.25, 0.3) is 67.1 Å². The molecule has 1 aliphatic carbocycles. The van der Waals surface area contributed by atoms with Gasteiger partial charge < -0.3 is 0 Å². The molecule has 0 bridgehead atoms. The first-order valence-corrected chi connectivity index (χ1v) is 13.2. The molecule has 0 heterocycles. The molecule has 0 saturated heterocycles. The molecule has 0 nitrogen and oxygen atoms in total. The van der Waals surface area contributed by atoms with Crippen molar-refractivity contribution in [3.05, 3.63) is 132 Å². The second-order valence-electron chi connectivity index (χ2n) is 10.1. The Hall–Kier alpha value is -4.42. The summed E-state index contributed by atoms with van der Waals surface area (Å²) in [6.45, 7) is 2.33. The van der Waals surface area contributed by atoms with Crippen molar-refractivity contribution in [3.63, 3.8) is 0 Å². The Kier molecular flexibility index (Phi) is 5.26. The molecule has 1 aliphatic rings. The molecule has 0 spiro atoms. The highest BCUT2D eigenvalue weighted by molar-refractivity contribution is 6.12. The number of hydrogen-bond acceptors (Lipinski definition) is 0. The Labute approximate surface area is 217 Å². The minimum atomic E-state index is 0.515. The summed E-state index contributed by atoms with van der Waals surface area (Å²) in [6, 6.07) is 44.2. The van der Waals surface area contributed by atoms with Crippen LogP contribution in [0.3, 0.4) is 0 Å². The van der Waals surface area contributed by atoms with Crippen molar-refractivity contribution in [2.24, 2.45) is 5.92 Å². The first kappa shape index (κ1) is 21.8. The lowest BCUT2D eigenvalue weighted by Gasteiger charge is -2.20. The average Bonchev–Trinajstić information content (AvgIpc) is 2.96. The van der Waals surface area contributed by atoms with Gasteiger partial charge in [-0.25, -0.2) is 0 Å². The molecule has 1 unspecified atom stereocenters. The summed E-state index contributed by atoms with van der Waals surface area (Å²) in [5.41, 5.74) is 7.83. The third kappa shape index (κ3) is 3.60. The van der Waals surface area contributed by atoms with Gasteiger partial charge in [0.1, 0.15) is 0 Å². The Morgan fingerprint density at radius 2 is 0.973 bits per heavy atom. The molecule has 0 amide bonds.